The van der Waals surface area contributed by atoms with E-state index in [-0.39, 0.29) is 36.6 Å². The van der Waals surface area contributed by atoms with Crippen LogP contribution in [0.25, 0.3) is 0 Å². The van der Waals surface area contributed by atoms with Crippen LogP contribution in [-0.4, -0.2) is 52.9 Å². The largest absolute Gasteiger partial charge is 0.445 e. The van der Waals surface area contributed by atoms with Gasteiger partial charge in [-0.05, 0) is 25.8 Å². The Balaban J connectivity index is 1.95. The standard InChI is InChI=1S/C17H23ClN2O3/c1-13(2)20(15-8-9-19(11-15)16(21)10-18)17(22)23-12-14-6-4-3-5-7-14/h3-7,13,15H,8-12H2,1-2H3/t15-/m1/s1. The normalized spacial score (nSPS) is 17.4. The van der Waals surface area contributed by atoms with E-state index in [1.54, 1.807) is 9.80 Å². The molecule has 0 N–H and O–H groups in total. The molecule has 1 aliphatic rings. The molecule has 1 fully saturated rings. The number of benzene rings is 1. The zero-order valence-electron chi connectivity index (χ0n) is 13.6. The average molecular weight is 339 g/mol. The van der Waals surface area contributed by atoms with Crippen LogP contribution in [0.15, 0.2) is 30.3 Å². The van der Waals surface area contributed by atoms with Crippen molar-refractivity contribution in [1.29, 1.82) is 0 Å². The van der Waals surface area contributed by atoms with Gasteiger partial charge in [0.15, 0.2) is 0 Å². The molecule has 1 aromatic rings. The van der Waals surface area contributed by atoms with Crippen LogP contribution in [0.3, 0.4) is 0 Å². The molecule has 6 heteroatoms. The van der Waals surface area contributed by atoms with E-state index in [1.165, 1.54) is 0 Å². The number of ether oxygens (including phenoxy) is 1. The number of alkyl halides is 1. The summed E-state index contributed by atoms with van der Waals surface area (Å²) >= 11 is 5.61. The van der Waals surface area contributed by atoms with Gasteiger partial charge in [0.1, 0.15) is 12.5 Å². The maximum Gasteiger partial charge on any atom is 0.410 e. The van der Waals surface area contributed by atoms with E-state index >= 15 is 0 Å². The van der Waals surface area contributed by atoms with Crippen LogP contribution in [0, 0.1) is 0 Å². The van der Waals surface area contributed by atoms with Crippen molar-refractivity contribution in [3.05, 3.63) is 35.9 Å². The van der Waals surface area contributed by atoms with Crippen molar-refractivity contribution < 1.29 is 14.3 Å². The van der Waals surface area contributed by atoms with Gasteiger partial charge in [0, 0.05) is 19.1 Å². The van der Waals surface area contributed by atoms with Crippen molar-refractivity contribution in [2.45, 2.75) is 39.0 Å². The van der Waals surface area contributed by atoms with Crippen molar-refractivity contribution in [2.75, 3.05) is 19.0 Å². The number of rotatable bonds is 5. The predicted molar refractivity (Wildman–Crippen MR) is 89.3 cm³/mol. The lowest BCUT2D eigenvalue weighted by atomic mass is 10.2. The minimum absolute atomic E-state index is 0.00864. The minimum Gasteiger partial charge on any atom is -0.445 e. The van der Waals surface area contributed by atoms with Crippen LogP contribution in [0.4, 0.5) is 4.79 Å². The van der Waals surface area contributed by atoms with Gasteiger partial charge in [-0.25, -0.2) is 4.79 Å². The molecular weight excluding hydrogens is 316 g/mol. The third kappa shape index (κ3) is 4.61. The number of amides is 2. The van der Waals surface area contributed by atoms with Gasteiger partial charge >= 0.3 is 6.09 Å². The highest BCUT2D eigenvalue weighted by Crippen LogP contribution is 2.20. The molecule has 1 atom stereocenters. The third-order valence-electron chi connectivity index (χ3n) is 4.00. The number of hydrogen-bond acceptors (Lipinski definition) is 3. The highest BCUT2D eigenvalue weighted by molar-refractivity contribution is 6.27. The molecule has 5 nitrogen and oxygen atoms in total. The second-order valence-electron chi connectivity index (χ2n) is 5.96. The summed E-state index contributed by atoms with van der Waals surface area (Å²) in [5.74, 6) is -0.108. The van der Waals surface area contributed by atoms with E-state index in [1.807, 2.05) is 44.2 Å². The molecule has 0 aliphatic carbocycles. The highest BCUT2D eigenvalue weighted by Gasteiger charge is 2.34. The SMILES string of the molecule is CC(C)N(C(=O)OCc1ccccc1)[C@@H]1CCN(C(=O)CCl)C1. The fourth-order valence-electron chi connectivity index (χ4n) is 2.86. The fraction of sp³-hybridized carbons (Fsp3) is 0.529. The summed E-state index contributed by atoms with van der Waals surface area (Å²) in [6, 6.07) is 9.57. The van der Waals surface area contributed by atoms with Gasteiger partial charge in [-0.3, -0.25) is 4.79 Å². The van der Waals surface area contributed by atoms with Crippen LogP contribution in [-0.2, 0) is 16.1 Å². The first-order valence-electron chi connectivity index (χ1n) is 7.85. The van der Waals surface area contributed by atoms with Crippen LogP contribution < -0.4 is 0 Å². The quantitative estimate of drug-likeness (QED) is 0.776. The van der Waals surface area contributed by atoms with E-state index in [4.69, 9.17) is 16.3 Å². The van der Waals surface area contributed by atoms with Gasteiger partial charge in [0.25, 0.3) is 0 Å². The number of nitrogens with zero attached hydrogens (tertiary/aromatic N) is 2. The Hall–Kier alpha value is -1.75. The Morgan fingerprint density at radius 1 is 1.35 bits per heavy atom. The van der Waals surface area contributed by atoms with Gasteiger partial charge in [-0.15, -0.1) is 11.6 Å². The Labute approximate surface area is 142 Å². The second-order valence-corrected chi connectivity index (χ2v) is 6.22. The van der Waals surface area contributed by atoms with Crippen LogP contribution in [0.1, 0.15) is 25.8 Å². The van der Waals surface area contributed by atoms with Crippen LogP contribution in [0.2, 0.25) is 0 Å². The Morgan fingerprint density at radius 2 is 2.04 bits per heavy atom. The van der Waals surface area contributed by atoms with E-state index < -0.39 is 0 Å². The van der Waals surface area contributed by atoms with E-state index in [2.05, 4.69) is 0 Å². The monoisotopic (exact) mass is 338 g/mol. The molecule has 0 radical (unpaired) electrons. The summed E-state index contributed by atoms with van der Waals surface area (Å²) in [7, 11) is 0. The maximum atomic E-state index is 12.5. The van der Waals surface area contributed by atoms with Crippen molar-refractivity contribution in [1.82, 2.24) is 9.80 Å². The molecule has 2 amide bonds. The summed E-state index contributed by atoms with van der Waals surface area (Å²) in [6.45, 7) is 5.31. The fourth-order valence-corrected chi connectivity index (χ4v) is 3.02. The highest BCUT2D eigenvalue weighted by atomic mass is 35.5. The van der Waals surface area contributed by atoms with Gasteiger partial charge in [-0.1, -0.05) is 30.3 Å². The van der Waals surface area contributed by atoms with E-state index in [9.17, 15) is 9.59 Å². The van der Waals surface area contributed by atoms with Crippen molar-refractivity contribution >= 4 is 23.6 Å². The summed E-state index contributed by atoms with van der Waals surface area (Å²) in [5.41, 5.74) is 0.954. The second kappa shape index (κ2) is 8.20. The van der Waals surface area contributed by atoms with Gasteiger partial charge < -0.3 is 14.5 Å². The average Bonchev–Trinajstić information content (AvgIpc) is 3.02. The molecule has 1 aromatic carbocycles. The third-order valence-corrected chi connectivity index (χ3v) is 4.22. The molecule has 23 heavy (non-hydrogen) atoms. The maximum absolute atomic E-state index is 12.5. The van der Waals surface area contributed by atoms with Crippen LogP contribution >= 0.6 is 11.6 Å². The Morgan fingerprint density at radius 3 is 2.65 bits per heavy atom. The smallest absolute Gasteiger partial charge is 0.410 e. The Kier molecular flexibility index (Phi) is 6.28. The zero-order chi connectivity index (χ0) is 16.8. The molecule has 0 saturated carbocycles. The number of halogens is 1. The molecular formula is C17H23ClN2O3. The molecule has 1 aliphatic heterocycles. The Bertz CT molecular complexity index is 536. The summed E-state index contributed by atoms with van der Waals surface area (Å²) in [6.07, 6.45) is 0.412. The van der Waals surface area contributed by atoms with Crippen molar-refractivity contribution in [2.24, 2.45) is 0 Å². The number of likely N-dealkylation sites (tertiary alicyclic amines) is 1. The zero-order valence-corrected chi connectivity index (χ0v) is 14.3. The molecule has 126 valence electrons. The summed E-state index contributed by atoms with van der Waals surface area (Å²) in [5, 5.41) is 0. The summed E-state index contributed by atoms with van der Waals surface area (Å²) in [4.78, 5) is 27.6. The molecule has 0 unspecified atom stereocenters. The van der Waals surface area contributed by atoms with Crippen molar-refractivity contribution in [3.63, 3.8) is 0 Å². The minimum atomic E-state index is -0.339. The molecule has 1 saturated heterocycles. The van der Waals surface area contributed by atoms with Gasteiger partial charge in [0.05, 0.1) is 6.04 Å². The first-order valence-corrected chi connectivity index (χ1v) is 8.39. The number of hydrogen-bond donors (Lipinski definition) is 0. The van der Waals surface area contributed by atoms with E-state index in [0.717, 1.165) is 12.0 Å². The lowest BCUT2D eigenvalue weighted by Crippen LogP contribution is -2.46. The summed E-state index contributed by atoms with van der Waals surface area (Å²) < 4.78 is 5.44. The number of carbonyl (C=O) groups excluding carboxylic acids is 2. The molecule has 1 heterocycles. The molecule has 2 rings (SSSR count). The molecule has 0 aromatic heterocycles. The first-order chi connectivity index (χ1) is 11.0. The molecule has 0 bridgehead atoms. The van der Waals surface area contributed by atoms with Crippen molar-refractivity contribution in [3.8, 4) is 0 Å². The lowest BCUT2D eigenvalue weighted by molar-refractivity contribution is -0.127. The first kappa shape index (κ1) is 17.6. The topological polar surface area (TPSA) is 49.9 Å². The van der Waals surface area contributed by atoms with Gasteiger partial charge in [-0.2, -0.15) is 0 Å². The van der Waals surface area contributed by atoms with Crippen LogP contribution in [0.5, 0.6) is 0 Å². The predicted octanol–water partition coefficient (Wildman–Crippen LogP) is 2.87. The lowest BCUT2D eigenvalue weighted by Gasteiger charge is -2.31. The molecule has 0 spiro atoms. The number of carbonyl (C=O) groups is 2. The van der Waals surface area contributed by atoms with E-state index in [0.29, 0.717) is 13.1 Å². The van der Waals surface area contributed by atoms with Gasteiger partial charge in [0.2, 0.25) is 5.91 Å².